The summed E-state index contributed by atoms with van der Waals surface area (Å²) in [5, 5.41) is 0. The lowest BCUT2D eigenvalue weighted by Crippen LogP contribution is -2.25. The van der Waals surface area contributed by atoms with Gasteiger partial charge in [0.25, 0.3) is 0 Å². The van der Waals surface area contributed by atoms with Crippen LogP contribution < -0.4 is 10.5 Å². The number of hydrogen-bond donors (Lipinski definition) is 1. The zero-order valence-corrected chi connectivity index (χ0v) is 18.2. The molecule has 2 aliphatic heterocycles. The summed E-state index contributed by atoms with van der Waals surface area (Å²) in [6.07, 6.45) is 5.99. The molecule has 0 aromatic heterocycles. The van der Waals surface area contributed by atoms with Crippen LogP contribution in [0.15, 0.2) is 11.6 Å². The number of nitrogens with zero attached hydrogens (tertiary/aromatic N) is 1. The van der Waals surface area contributed by atoms with Gasteiger partial charge >= 0.3 is 11.9 Å². The molecule has 164 valence electrons. The van der Waals surface area contributed by atoms with E-state index in [0.29, 0.717) is 42.9 Å². The number of carbonyl (C=O) groups is 2. The highest BCUT2D eigenvalue weighted by Crippen LogP contribution is 2.39. The Morgan fingerprint density at radius 1 is 1.27 bits per heavy atom. The first kappa shape index (κ1) is 22.2. The van der Waals surface area contributed by atoms with Crippen LogP contribution in [0.3, 0.4) is 0 Å². The molecule has 1 fully saturated rings. The molecule has 2 aliphatic rings. The van der Waals surface area contributed by atoms with Crippen LogP contribution >= 0.6 is 0 Å². The molecule has 2 heterocycles. The number of hydrogen-bond acceptors (Lipinski definition) is 7. The van der Waals surface area contributed by atoms with E-state index >= 15 is 0 Å². The fourth-order valence-corrected chi connectivity index (χ4v) is 4.13. The molecule has 3 rings (SSSR count). The van der Waals surface area contributed by atoms with Gasteiger partial charge in [0.05, 0.1) is 18.4 Å². The minimum Gasteiger partial charge on any atom is -0.496 e. The molecule has 0 atom stereocenters. The summed E-state index contributed by atoms with van der Waals surface area (Å²) in [5.41, 5.74) is 10.7. The van der Waals surface area contributed by atoms with E-state index in [1.807, 2.05) is 19.9 Å². The molecule has 0 amide bonds. The number of anilines is 1. The first-order valence-corrected chi connectivity index (χ1v) is 10.6. The Hall–Kier alpha value is -2.54. The highest BCUT2D eigenvalue weighted by atomic mass is 16.5. The summed E-state index contributed by atoms with van der Waals surface area (Å²) in [7, 11) is 1.60. The number of nitrogens with two attached hydrogens (primary N) is 1. The van der Waals surface area contributed by atoms with Gasteiger partial charge in [0.15, 0.2) is 0 Å². The number of likely N-dealkylation sites (tertiary alicyclic amines) is 1. The van der Waals surface area contributed by atoms with Crippen molar-refractivity contribution in [2.45, 2.75) is 52.6 Å². The molecule has 7 heteroatoms. The average Bonchev–Trinajstić information content (AvgIpc) is 3.38. The molecular weight excluding hydrogens is 384 g/mol. The van der Waals surface area contributed by atoms with Crippen LogP contribution in [0.2, 0.25) is 0 Å². The predicted molar refractivity (Wildman–Crippen MR) is 115 cm³/mol. The van der Waals surface area contributed by atoms with Gasteiger partial charge in [-0.25, -0.2) is 4.79 Å². The van der Waals surface area contributed by atoms with Gasteiger partial charge in [-0.3, -0.25) is 9.69 Å². The quantitative estimate of drug-likeness (QED) is 0.376. The molecule has 0 saturated carbocycles. The zero-order chi connectivity index (χ0) is 21.7. The predicted octanol–water partition coefficient (Wildman–Crippen LogP) is 3.16. The van der Waals surface area contributed by atoms with E-state index < -0.39 is 0 Å². The Morgan fingerprint density at radius 3 is 2.70 bits per heavy atom. The number of benzene rings is 1. The third kappa shape index (κ3) is 4.95. The first-order chi connectivity index (χ1) is 14.4. The number of nitrogen functional groups attached to an aromatic ring is 1. The lowest BCUT2D eigenvalue weighted by atomic mass is 9.94. The topological polar surface area (TPSA) is 91.1 Å². The summed E-state index contributed by atoms with van der Waals surface area (Å²) in [4.78, 5) is 26.4. The number of fused-ring (bicyclic) bond motifs is 1. The van der Waals surface area contributed by atoms with Gasteiger partial charge in [-0.05, 0) is 58.2 Å². The molecule has 1 aromatic carbocycles. The summed E-state index contributed by atoms with van der Waals surface area (Å²) < 4.78 is 16.1. The van der Waals surface area contributed by atoms with Crippen LogP contribution in [0.25, 0.3) is 0 Å². The lowest BCUT2D eigenvalue weighted by Gasteiger charge is -2.16. The number of esters is 2. The van der Waals surface area contributed by atoms with Crippen LogP contribution in [-0.2, 0) is 27.3 Å². The smallest absolute Gasteiger partial charge is 0.341 e. The van der Waals surface area contributed by atoms with Crippen molar-refractivity contribution in [2.75, 3.05) is 39.1 Å². The number of cyclic esters (lactones) is 1. The van der Waals surface area contributed by atoms with Crippen LogP contribution in [0.1, 0.15) is 59.7 Å². The maximum absolute atomic E-state index is 12.1. The minimum absolute atomic E-state index is 0.171. The monoisotopic (exact) mass is 416 g/mol. The SMILES string of the molecule is COc1c(C)c2c(c(N)c1C/C=C(\C)CCC(=O)OCCN1CCCC1)C(=O)OC2. The van der Waals surface area contributed by atoms with Crippen molar-refractivity contribution in [3.05, 3.63) is 33.9 Å². The second kappa shape index (κ2) is 9.98. The number of allylic oxidation sites excluding steroid dienone is 2. The van der Waals surface area contributed by atoms with Crippen LogP contribution in [0.5, 0.6) is 5.75 Å². The normalized spacial score (nSPS) is 16.5. The average molecular weight is 417 g/mol. The van der Waals surface area contributed by atoms with Crippen molar-refractivity contribution in [2.24, 2.45) is 0 Å². The molecule has 7 nitrogen and oxygen atoms in total. The summed E-state index contributed by atoms with van der Waals surface area (Å²) in [6, 6.07) is 0. The van der Waals surface area contributed by atoms with Gasteiger partial charge in [-0.15, -0.1) is 0 Å². The van der Waals surface area contributed by atoms with Crippen molar-refractivity contribution in [3.8, 4) is 5.75 Å². The van der Waals surface area contributed by atoms with E-state index in [4.69, 9.17) is 19.9 Å². The van der Waals surface area contributed by atoms with Crippen molar-refractivity contribution < 1.29 is 23.8 Å². The molecule has 0 aliphatic carbocycles. The van der Waals surface area contributed by atoms with Gasteiger partial charge in [0, 0.05) is 24.1 Å². The Labute approximate surface area is 178 Å². The Morgan fingerprint density at radius 2 is 2.00 bits per heavy atom. The van der Waals surface area contributed by atoms with Crippen LogP contribution in [0, 0.1) is 6.92 Å². The molecule has 30 heavy (non-hydrogen) atoms. The van der Waals surface area contributed by atoms with Crippen LogP contribution in [-0.4, -0.2) is 50.2 Å². The first-order valence-electron chi connectivity index (χ1n) is 10.6. The molecule has 0 spiro atoms. The zero-order valence-electron chi connectivity index (χ0n) is 18.2. The third-order valence-corrected chi connectivity index (χ3v) is 5.97. The fraction of sp³-hybridized carbons (Fsp3) is 0.565. The highest BCUT2D eigenvalue weighted by Gasteiger charge is 2.30. The Bertz CT molecular complexity index is 841. The second-order valence-corrected chi connectivity index (χ2v) is 8.00. The molecular formula is C23H32N2O5. The van der Waals surface area contributed by atoms with Crippen LogP contribution in [0.4, 0.5) is 5.69 Å². The van der Waals surface area contributed by atoms with Crippen molar-refractivity contribution in [1.82, 2.24) is 4.90 Å². The maximum Gasteiger partial charge on any atom is 0.341 e. The Kier molecular flexibility index (Phi) is 7.37. The highest BCUT2D eigenvalue weighted by molar-refractivity contribution is 6.00. The molecule has 0 bridgehead atoms. The van der Waals surface area contributed by atoms with E-state index in [-0.39, 0.29) is 18.5 Å². The summed E-state index contributed by atoms with van der Waals surface area (Å²) in [6.45, 7) is 7.61. The van der Waals surface area contributed by atoms with Crippen molar-refractivity contribution in [1.29, 1.82) is 0 Å². The standard InChI is InChI=1S/C23H32N2O5/c1-15(7-9-19(26)29-13-12-25-10-4-5-11-25)6-8-17-21(24)20-18(14-30-23(20)27)16(2)22(17)28-3/h6H,4-5,7-14,24H2,1-3H3/b15-6+. The molecule has 1 aromatic rings. The maximum atomic E-state index is 12.1. The van der Waals surface area contributed by atoms with E-state index in [0.717, 1.165) is 41.9 Å². The fourth-order valence-electron chi connectivity index (χ4n) is 4.13. The Balaban J connectivity index is 1.56. The minimum atomic E-state index is -0.383. The molecule has 0 unspecified atom stereocenters. The number of methoxy groups -OCH3 is 1. The molecule has 0 radical (unpaired) electrons. The molecule has 2 N–H and O–H groups in total. The summed E-state index contributed by atoms with van der Waals surface area (Å²) >= 11 is 0. The lowest BCUT2D eigenvalue weighted by molar-refractivity contribution is -0.143. The second-order valence-electron chi connectivity index (χ2n) is 8.00. The van der Waals surface area contributed by atoms with E-state index in [9.17, 15) is 9.59 Å². The molecule has 1 saturated heterocycles. The van der Waals surface area contributed by atoms with Crippen molar-refractivity contribution in [3.63, 3.8) is 0 Å². The number of carbonyl (C=O) groups excluding carboxylic acids is 2. The third-order valence-electron chi connectivity index (χ3n) is 5.97. The van der Waals surface area contributed by atoms with Crippen molar-refractivity contribution >= 4 is 17.6 Å². The van der Waals surface area contributed by atoms with Gasteiger partial charge in [0.1, 0.15) is 19.0 Å². The van der Waals surface area contributed by atoms with E-state index in [2.05, 4.69) is 4.90 Å². The number of rotatable bonds is 9. The summed E-state index contributed by atoms with van der Waals surface area (Å²) in [5.74, 6) is 0.136. The van der Waals surface area contributed by atoms with Gasteiger partial charge < -0.3 is 19.9 Å². The van der Waals surface area contributed by atoms with Gasteiger partial charge in [-0.1, -0.05) is 11.6 Å². The number of ether oxygens (including phenoxy) is 3. The largest absolute Gasteiger partial charge is 0.496 e. The van der Waals surface area contributed by atoms with E-state index in [1.54, 1.807) is 7.11 Å². The van der Waals surface area contributed by atoms with Gasteiger partial charge in [0.2, 0.25) is 0 Å². The van der Waals surface area contributed by atoms with E-state index in [1.165, 1.54) is 12.8 Å². The van der Waals surface area contributed by atoms with Gasteiger partial charge in [-0.2, -0.15) is 0 Å².